The van der Waals surface area contributed by atoms with E-state index in [1.165, 1.54) is 6.21 Å². The first-order chi connectivity index (χ1) is 12.8. The van der Waals surface area contributed by atoms with Gasteiger partial charge in [-0.1, -0.05) is 13.5 Å². The van der Waals surface area contributed by atoms with Crippen LogP contribution in [0, 0.1) is 16.7 Å². The molecule has 1 unspecified atom stereocenters. The normalized spacial score (nSPS) is 15.1. The van der Waals surface area contributed by atoms with E-state index >= 15 is 0 Å². The van der Waals surface area contributed by atoms with Crippen LogP contribution in [0.4, 0.5) is 5.82 Å². The molecule has 27 heavy (non-hydrogen) atoms. The summed E-state index contributed by atoms with van der Waals surface area (Å²) in [6, 6.07) is 4.50. The summed E-state index contributed by atoms with van der Waals surface area (Å²) in [5.41, 5.74) is 6.73. The van der Waals surface area contributed by atoms with Crippen molar-refractivity contribution in [3.63, 3.8) is 0 Å². The van der Waals surface area contributed by atoms with Crippen molar-refractivity contribution in [3.05, 3.63) is 58.1 Å². The predicted octanol–water partition coefficient (Wildman–Crippen LogP) is 4.80. The summed E-state index contributed by atoms with van der Waals surface area (Å²) < 4.78 is 0. The molecule has 1 atom stereocenters. The number of dihydropyridines is 1. The lowest BCUT2D eigenvalue weighted by atomic mass is 9.91. The van der Waals surface area contributed by atoms with Crippen LogP contribution in [0.1, 0.15) is 63.8 Å². The Kier molecular flexibility index (Phi) is 6.57. The Morgan fingerprint density at radius 1 is 1.41 bits per heavy atom. The molecule has 0 aliphatic carbocycles. The molecule has 0 fully saturated rings. The number of pyridine rings is 1. The fourth-order valence-electron chi connectivity index (χ4n) is 3.30. The zero-order valence-corrected chi connectivity index (χ0v) is 16.9. The Labute approximate surface area is 162 Å². The smallest absolute Gasteiger partial charge is 0.135 e. The molecular weight excluding hydrogens is 334 g/mol. The van der Waals surface area contributed by atoms with E-state index in [2.05, 4.69) is 41.3 Å². The molecule has 5 heteroatoms. The zero-order valence-electron chi connectivity index (χ0n) is 16.9. The van der Waals surface area contributed by atoms with Crippen LogP contribution in [0.25, 0.3) is 0 Å². The third-order valence-electron chi connectivity index (χ3n) is 4.64. The largest absolute Gasteiger partial charge is 0.367 e. The number of anilines is 1. The molecule has 0 bridgehead atoms. The van der Waals surface area contributed by atoms with E-state index in [4.69, 9.17) is 5.41 Å². The van der Waals surface area contributed by atoms with Gasteiger partial charge in [0.1, 0.15) is 5.82 Å². The van der Waals surface area contributed by atoms with Gasteiger partial charge in [-0.25, -0.2) is 4.98 Å². The van der Waals surface area contributed by atoms with Crippen LogP contribution in [0.5, 0.6) is 0 Å². The van der Waals surface area contributed by atoms with Crippen LogP contribution in [0.15, 0.2) is 41.3 Å². The Hall–Kier alpha value is -2.87. The molecule has 0 radical (unpaired) electrons. The molecule has 3 N–H and O–H groups in total. The summed E-state index contributed by atoms with van der Waals surface area (Å²) in [7, 11) is 0. The molecule has 1 aromatic rings. The monoisotopic (exact) mass is 363 g/mol. The van der Waals surface area contributed by atoms with Gasteiger partial charge in [0, 0.05) is 35.6 Å². The molecule has 2 heterocycles. The van der Waals surface area contributed by atoms with Crippen LogP contribution >= 0.6 is 0 Å². The maximum atomic E-state index is 9.51. The molecule has 0 saturated heterocycles. The minimum absolute atomic E-state index is 0.180. The second-order valence-electron chi connectivity index (χ2n) is 7.27. The van der Waals surface area contributed by atoms with Crippen molar-refractivity contribution in [2.75, 3.05) is 5.32 Å². The third-order valence-corrected chi connectivity index (χ3v) is 4.64. The highest BCUT2D eigenvalue weighted by Gasteiger charge is 2.20. The van der Waals surface area contributed by atoms with Crippen molar-refractivity contribution in [1.29, 1.82) is 10.7 Å². The van der Waals surface area contributed by atoms with Crippen LogP contribution in [-0.4, -0.2) is 17.2 Å². The van der Waals surface area contributed by atoms with Crippen LogP contribution in [0.2, 0.25) is 0 Å². The second-order valence-corrected chi connectivity index (χ2v) is 7.27. The highest BCUT2D eigenvalue weighted by atomic mass is 15.0. The number of allylic oxidation sites excluding steroid dienone is 4. The quantitative estimate of drug-likeness (QED) is 0.608. The number of nitrogens with one attached hydrogen (secondary N) is 3. The fraction of sp³-hybridized carbons (Fsp3) is 0.409. The van der Waals surface area contributed by atoms with Gasteiger partial charge in [-0.2, -0.15) is 5.26 Å². The molecule has 1 aromatic heterocycles. The maximum absolute atomic E-state index is 9.51. The number of hydrogen-bond acceptors (Lipinski definition) is 5. The molecule has 0 amide bonds. The Morgan fingerprint density at radius 3 is 2.63 bits per heavy atom. The zero-order chi connectivity index (χ0) is 20.1. The Bertz CT molecular complexity index is 852. The summed E-state index contributed by atoms with van der Waals surface area (Å²) in [5, 5.41) is 24.1. The molecule has 5 nitrogen and oxygen atoms in total. The van der Waals surface area contributed by atoms with E-state index in [1.54, 1.807) is 0 Å². The summed E-state index contributed by atoms with van der Waals surface area (Å²) in [5.74, 6) is 0.404. The van der Waals surface area contributed by atoms with Gasteiger partial charge in [-0.05, 0) is 63.0 Å². The first-order valence-electron chi connectivity index (χ1n) is 9.35. The van der Waals surface area contributed by atoms with Gasteiger partial charge in [0.2, 0.25) is 0 Å². The Balaban J connectivity index is 2.61. The first-order valence-corrected chi connectivity index (χ1v) is 9.35. The highest BCUT2D eigenvalue weighted by molar-refractivity contribution is 5.87. The van der Waals surface area contributed by atoms with Crippen molar-refractivity contribution in [3.8, 4) is 6.07 Å². The molecule has 1 aliphatic heterocycles. The van der Waals surface area contributed by atoms with Gasteiger partial charge in [-0.15, -0.1) is 0 Å². The summed E-state index contributed by atoms with van der Waals surface area (Å²) in [4.78, 5) is 4.68. The summed E-state index contributed by atoms with van der Waals surface area (Å²) >= 11 is 0. The minimum atomic E-state index is -0.263. The number of rotatable bonds is 7. The van der Waals surface area contributed by atoms with Gasteiger partial charge >= 0.3 is 0 Å². The lowest BCUT2D eigenvalue weighted by molar-refractivity contribution is 0.780. The van der Waals surface area contributed by atoms with E-state index < -0.39 is 0 Å². The van der Waals surface area contributed by atoms with Gasteiger partial charge in [0.15, 0.2) is 0 Å². The minimum Gasteiger partial charge on any atom is -0.367 e. The molecule has 2 rings (SSSR count). The molecule has 142 valence electrons. The van der Waals surface area contributed by atoms with E-state index in [-0.39, 0.29) is 12.0 Å². The molecule has 0 aromatic carbocycles. The van der Waals surface area contributed by atoms with Crippen LogP contribution < -0.4 is 10.6 Å². The number of nitriles is 1. The van der Waals surface area contributed by atoms with Crippen LogP contribution in [0.3, 0.4) is 0 Å². The highest BCUT2D eigenvalue weighted by Crippen LogP contribution is 2.29. The predicted molar refractivity (Wildman–Crippen MR) is 112 cm³/mol. The molecule has 0 saturated carbocycles. The van der Waals surface area contributed by atoms with Crippen molar-refractivity contribution < 1.29 is 0 Å². The summed E-state index contributed by atoms with van der Waals surface area (Å²) in [6.07, 6.45) is 4.79. The van der Waals surface area contributed by atoms with Crippen molar-refractivity contribution in [2.24, 2.45) is 0 Å². The summed E-state index contributed by atoms with van der Waals surface area (Å²) in [6.45, 7) is 14.3. The van der Waals surface area contributed by atoms with Gasteiger partial charge in [-0.3, -0.25) is 0 Å². The van der Waals surface area contributed by atoms with E-state index in [0.717, 1.165) is 39.4 Å². The average molecular weight is 364 g/mol. The van der Waals surface area contributed by atoms with Crippen molar-refractivity contribution in [2.45, 2.75) is 59.4 Å². The number of nitrogens with zero attached hydrogens (tertiary/aromatic N) is 2. The van der Waals surface area contributed by atoms with Gasteiger partial charge < -0.3 is 16.0 Å². The van der Waals surface area contributed by atoms with E-state index in [9.17, 15) is 5.26 Å². The number of hydrogen-bond donors (Lipinski definition) is 3. The van der Waals surface area contributed by atoms with Gasteiger partial charge in [0.25, 0.3) is 0 Å². The average Bonchev–Trinajstić information content (AvgIpc) is 2.58. The lowest BCUT2D eigenvalue weighted by Crippen LogP contribution is -2.19. The SMILES string of the molecule is C=C1NC(C)=CC(C)=C1Cc1cc(C(C#N)CC)nc(NC(C)C)c1C=N. The standard InChI is InChI=1S/C22H29N5/c1-7-17(11-23)21-10-18(20(12-24)22(27-21)25-13(2)3)9-19-14(4)8-15(5)26-16(19)6/h8,10,12-13,17,24,26H,6-7,9H2,1-5H3,(H,25,27). The molecular formula is C22H29N5. The fourth-order valence-corrected chi connectivity index (χ4v) is 3.30. The lowest BCUT2D eigenvalue weighted by Gasteiger charge is -2.23. The van der Waals surface area contributed by atoms with Crippen molar-refractivity contribution >= 4 is 12.0 Å². The Morgan fingerprint density at radius 2 is 2.11 bits per heavy atom. The third kappa shape index (κ3) is 4.65. The topological polar surface area (TPSA) is 84.6 Å². The number of aromatic nitrogens is 1. The van der Waals surface area contributed by atoms with Crippen LogP contribution in [-0.2, 0) is 6.42 Å². The van der Waals surface area contributed by atoms with E-state index in [1.807, 2.05) is 33.8 Å². The maximum Gasteiger partial charge on any atom is 0.135 e. The first kappa shape index (κ1) is 20.4. The molecule has 0 spiro atoms. The van der Waals surface area contributed by atoms with E-state index in [0.29, 0.717) is 18.7 Å². The second kappa shape index (κ2) is 8.68. The van der Waals surface area contributed by atoms with Gasteiger partial charge in [0.05, 0.1) is 17.7 Å². The van der Waals surface area contributed by atoms with Crippen molar-refractivity contribution in [1.82, 2.24) is 10.3 Å². The molecule has 1 aliphatic rings.